The van der Waals surface area contributed by atoms with Gasteiger partial charge in [0, 0.05) is 18.0 Å². The summed E-state index contributed by atoms with van der Waals surface area (Å²) >= 11 is 1.68. The lowest BCUT2D eigenvalue weighted by molar-refractivity contribution is 0.591. The summed E-state index contributed by atoms with van der Waals surface area (Å²) in [6.45, 7) is 5.30. The fourth-order valence-corrected chi connectivity index (χ4v) is 3.40. The molecule has 0 saturated heterocycles. The van der Waals surface area contributed by atoms with Crippen molar-refractivity contribution in [3.8, 4) is 0 Å². The summed E-state index contributed by atoms with van der Waals surface area (Å²) in [4.78, 5) is 3.25. The summed E-state index contributed by atoms with van der Waals surface area (Å²) in [5.41, 5.74) is 7.78. The van der Waals surface area contributed by atoms with Gasteiger partial charge >= 0.3 is 0 Å². The molecule has 19 heavy (non-hydrogen) atoms. The molecule has 0 bridgehead atoms. The number of hydrogen-bond acceptors (Lipinski definition) is 3. The van der Waals surface area contributed by atoms with Crippen molar-refractivity contribution in [3.05, 3.63) is 52.0 Å². The molecular weight excluding hydrogens is 259 g/mol. The van der Waals surface area contributed by atoms with Gasteiger partial charge in [-0.25, -0.2) is 4.39 Å². The molecule has 1 unspecified atom stereocenters. The number of benzene rings is 1. The largest absolute Gasteiger partial charge is 0.360 e. The van der Waals surface area contributed by atoms with E-state index in [2.05, 4.69) is 18.4 Å². The number of rotatable bonds is 5. The number of aryl methyl sites for hydroxylation is 1. The number of halogens is 1. The second-order valence-electron chi connectivity index (χ2n) is 4.46. The molecule has 0 amide bonds. The highest BCUT2D eigenvalue weighted by atomic mass is 32.1. The summed E-state index contributed by atoms with van der Waals surface area (Å²) in [6, 6.07) is 8.98. The van der Waals surface area contributed by atoms with Gasteiger partial charge in [0.05, 0.1) is 11.7 Å². The van der Waals surface area contributed by atoms with Gasteiger partial charge in [0.2, 0.25) is 0 Å². The molecule has 102 valence electrons. The Morgan fingerprint density at radius 1 is 1.32 bits per heavy atom. The molecule has 1 aromatic heterocycles. The summed E-state index contributed by atoms with van der Waals surface area (Å²) in [7, 11) is 0. The highest BCUT2D eigenvalue weighted by molar-refractivity contribution is 7.10. The van der Waals surface area contributed by atoms with E-state index in [4.69, 9.17) is 5.73 Å². The van der Waals surface area contributed by atoms with Crippen molar-refractivity contribution >= 4 is 17.0 Å². The van der Waals surface area contributed by atoms with E-state index in [1.165, 1.54) is 16.5 Å². The Morgan fingerprint density at radius 2 is 2.05 bits per heavy atom. The average Bonchev–Trinajstić information content (AvgIpc) is 2.83. The first kappa shape index (κ1) is 14.0. The third-order valence-corrected chi connectivity index (χ3v) is 4.43. The fourth-order valence-electron chi connectivity index (χ4n) is 2.34. The lowest BCUT2D eigenvalue weighted by Crippen LogP contribution is -2.34. The van der Waals surface area contributed by atoms with E-state index >= 15 is 0 Å². The Morgan fingerprint density at radius 3 is 2.58 bits per heavy atom. The van der Waals surface area contributed by atoms with Crippen molar-refractivity contribution in [2.24, 2.45) is 5.73 Å². The second-order valence-corrected chi connectivity index (χ2v) is 5.40. The first-order valence-corrected chi connectivity index (χ1v) is 7.32. The maximum Gasteiger partial charge on any atom is 0.146 e. The van der Waals surface area contributed by atoms with Crippen LogP contribution in [0.1, 0.15) is 23.4 Å². The van der Waals surface area contributed by atoms with Crippen molar-refractivity contribution < 1.29 is 4.39 Å². The van der Waals surface area contributed by atoms with Gasteiger partial charge in [-0.05, 0) is 43.0 Å². The Balaban J connectivity index is 2.40. The van der Waals surface area contributed by atoms with E-state index in [1.807, 2.05) is 24.0 Å². The molecule has 2 aromatic rings. The molecule has 4 heteroatoms. The van der Waals surface area contributed by atoms with Gasteiger partial charge in [0.15, 0.2) is 0 Å². The monoisotopic (exact) mass is 278 g/mol. The molecule has 2 rings (SSSR count). The Labute approximate surface area is 117 Å². The van der Waals surface area contributed by atoms with Crippen molar-refractivity contribution in [2.75, 3.05) is 18.0 Å². The van der Waals surface area contributed by atoms with E-state index in [1.54, 1.807) is 17.4 Å². The van der Waals surface area contributed by atoms with Gasteiger partial charge in [0.1, 0.15) is 5.82 Å². The van der Waals surface area contributed by atoms with Crippen molar-refractivity contribution in [1.82, 2.24) is 0 Å². The lowest BCUT2D eigenvalue weighted by atomic mass is 10.1. The van der Waals surface area contributed by atoms with Crippen LogP contribution in [0.2, 0.25) is 0 Å². The topological polar surface area (TPSA) is 29.3 Å². The summed E-state index contributed by atoms with van der Waals surface area (Å²) in [5, 5.41) is 2.06. The van der Waals surface area contributed by atoms with Crippen LogP contribution in [0.5, 0.6) is 0 Å². The fraction of sp³-hybridized carbons (Fsp3) is 0.333. The molecular formula is C15H19FN2S. The highest BCUT2D eigenvalue weighted by Gasteiger charge is 2.22. The van der Waals surface area contributed by atoms with E-state index < -0.39 is 0 Å². The van der Waals surface area contributed by atoms with Gasteiger partial charge in [-0.2, -0.15) is 0 Å². The summed E-state index contributed by atoms with van der Waals surface area (Å²) < 4.78 is 14.0. The molecule has 1 heterocycles. The quantitative estimate of drug-likeness (QED) is 0.903. The number of nitrogens with zero attached hydrogens (tertiary/aromatic N) is 1. The third kappa shape index (κ3) is 2.80. The maximum absolute atomic E-state index is 14.0. The normalized spacial score (nSPS) is 12.4. The summed E-state index contributed by atoms with van der Waals surface area (Å²) in [5.74, 6) is -0.197. The molecule has 2 N–H and O–H groups in total. The van der Waals surface area contributed by atoms with E-state index in [0.29, 0.717) is 12.2 Å². The highest BCUT2D eigenvalue weighted by Crippen LogP contribution is 2.32. The van der Waals surface area contributed by atoms with Gasteiger partial charge in [-0.1, -0.05) is 12.1 Å². The molecule has 0 aliphatic heterocycles. The Hall–Kier alpha value is -1.39. The van der Waals surface area contributed by atoms with Crippen LogP contribution in [0, 0.1) is 12.7 Å². The van der Waals surface area contributed by atoms with Crippen LogP contribution >= 0.6 is 11.3 Å². The van der Waals surface area contributed by atoms with E-state index in [9.17, 15) is 4.39 Å². The first-order valence-electron chi connectivity index (χ1n) is 6.44. The minimum absolute atomic E-state index is 0.0295. The molecule has 0 fully saturated rings. The van der Waals surface area contributed by atoms with Gasteiger partial charge in [-0.15, -0.1) is 11.3 Å². The van der Waals surface area contributed by atoms with Crippen molar-refractivity contribution in [3.63, 3.8) is 0 Å². The van der Waals surface area contributed by atoms with Crippen LogP contribution in [-0.2, 0) is 0 Å². The second kappa shape index (κ2) is 6.17. The smallest absolute Gasteiger partial charge is 0.146 e. The Bertz CT molecular complexity index is 538. The van der Waals surface area contributed by atoms with Crippen molar-refractivity contribution in [1.29, 1.82) is 0 Å². The molecule has 2 nitrogen and oxygen atoms in total. The minimum Gasteiger partial charge on any atom is -0.360 e. The lowest BCUT2D eigenvalue weighted by Gasteiger charge is -2.32. The average molecular weight is 278 g/mol. The number of hydrogen-bond donors (Lipinski definition) is 1. The Kier molecular flexibility index (Phi) is 4.56. The van der Waals surface area contributed by atoms with E-state index in [-0.39, 0.29) is 11.9 Å². The minimum atomic E-state index is -0.197. The number of nitrogens with two attached hydrogens (primary N) is 1. The standard InChI is InChI=1S/C15H19FN2S/c1-3-18(13-7-5-4-6-12(13)16)14(10-17)15-11(2)8-9-19-15/h4-9,14H,3,10,17H2,1-2H3. The zero-order chi connectivity index (χ0) is 13.8. The van der Waals surface area contributed by atoms with Crippen LogP contribution in [0.3, 0.4) is 0 Å². The van der Waals surface area contributed by atoms with Gasteiger partial charge in [0.25, 0.3) is 0 Å². The third-order valence-electron chi connectivity index (χ3n) is 3.31. The van der Waals surface area contributed by atoms with Crippen LogP contribution in [-0.4, -0.2) is 13.1 Å². The number of thiophene rings is 1. The van der Waals surface area contributed by atoms with Crippen LogP contribution < -0.4 is 10.6 Å². The van der Waals surface area contributed by atoms with Gasteiger partial charge < -0.3 is 10.6 Å². The molecule has 0 spiro atoms. The maximum atomic E-state index is 14.0. The van der Waals surface area contributed by atoms with Crippen LogP contribution in [0.15, 0.2) is 35.7 Å². The zero-order valence-corrected chi connectivity index (χ0v) is 12.1. The SMILES string of the molecule is CCN(c1ccccc1F)C(CN)c1sccc1C. The summed E-state index contributed by atoms with van der Waals surface area (Å²) in [6.07, 6.45) is 0. The van der Waals surface area contributed by atoms with E-state index in [0.717, 1.165) is 6.54 Å². The first-order chi connectivity index (χ1) is 9.19. The number of para-hydroxylation sites is 1. The van der Waals surface area contributed by atoms with Crippen LogP contribution in [0.4, 0.5) is 10.1 Å². The molecule has 0 aliphatic carbocycles. The molecule has 0 radical (unpaired) electrons. The molecule has 0 saturated carbocycles. The molecule has 1 aromatic carbocycles. The van der Waals surface area contributed by atoms with Gasteiger partial charge in [-0.3, -0.25) is 0 Å². The number of likely N-dealkylation sites (N-methyl/N-ethyl adjacent to an activating group) is 1. The predicted molar refractivity (Wildman–Crippen MR) is 80.3 cm³/mol. The van der Waals surface area contributed by atoms with Crippen molar-refractivity contribution in [2.45, 2.75) is 19.9 Å². The molecule has 0 aliphatic rings. The zero-order valence-electron chi connectivity index (χ0n) is 11.3. The predicted octanol–water partition coefficient (Wildman–Crippen LogP) is 3.72. The van der Waals surface area contributed by atoms with Crippen LogP contribution in [0.25, 0.3) is 0 Å². The number of anilines is 1. The molecule has 1 atom stereocenters.